The first-order chi connectivity index (χ1) is 21.7. The third-order valence-corrected chi connectivity index (χ3v) is 9.15. The first-order valence-corrected chi connectivity index (χ1v) is 16.0. The van der Waals surface area contributed by atoms with E-state index in [9.17, 15) is 9.59 Å². The summed E-state index contributed by atoms with van der Waals surface area (Å²) in [5.41, 5.74) is 7.94. The summed E-state index contributed by atoms with van der Waals surface area (Å²) in [5.74, 6) is 1.66. The van der Waals surface area contributed by atoms with Gasteiger partial charge in [0, 0.05) is 60.8 Å². The van der Waals surface area contributed by atoms with E-state index in [1.807, 2.05) is 29.2 Å². The van der Waals surface area contributed by atoms with Gasteiger partial charge in [0.2, 0.25) is 17.7 Å². The lowest BCUT2D eigenvalue weighted by Gasteiger charge is -2.35. The second-order valence-electron chi connectivity index (χ2n) is 12.1. The van der Waals surface area contributed by atoms with E-state index in [2.05, 4.69) is 19.8 Å². The summed E-state index contributed by atoms with van der Waals surface area (Å²) in [6, 6.07) is 9.28. The molecule has 2 aromatic heterocycles. The van der Waals surface area contributed by atoms with Crippen LogP contribution >= 0.6 is 48.0 Å². The second-order valence-corrected chi connectivity index (χ2v) is 13.0. The molecule has 2 aliphatic heterocycles. The summed E-state index contributed by atoms with van der Waals surface area (Å²) < 4.78 is 11.0. The van der Waals surface area contributed by atoms with E-state index < -0.39 is 5.54 Å². The lowest BCUT2D eigenvalue weighted by molar-refractivity contribution is -0.142. The first-order valence-electron chi connectivity index (χ1n) is 15.3. The Morgan fingerprint density at radius 3 is 2.17 bits per heavy atom. The summed E-state index contributed by atoms with van der Waals surface area (Å²) >= 11 is 12.6. The van der Waals surface area contributed by atoms with Crippen molar-refractivity contribution < 1.29 is 19.1 Å². The third-order valence-electron chi connectivity index (χ3n) is 8.72. The first kappa shape index (κ1) is 36.9. The summed E-state index contributed by atoms with van der Waals surface area (Å²) in [4.78, 5) is 44.4. The number of piperazine rings is 1. The van der Waals surface area contributed by atoms with Gasteiger partial charge in [-0.25, -0.2) is 15.0 Å². The quantitative estimate of drug-likeness (QED) is 0.287. The van der Waals surface area contributed by atoms with Gasteiger partial charge in [-0.05, 0) is 74.5 Å². The zero-order valence-electron chi connectivity index (χ0n) is 26.1. The summed E-state index contributed by atoms with van der Waals surface area (Å²) in [7, 11) is 1.43. The van der Waals surface area contributed by atoms with E-state index >= 15 is 0 Å². The molecular weight excluding hydrogens is 688 g/mol. The van der Waals surface area contributed by atoms with Gasteiger partial charge in [-0.15, -0.1) is 24.8 Å². The van der Waals surface area contributed by atoms with Crippen LogP contribution in [0, 0.1) is 5.92 Å². The normalized spacial score (nSPS) is 17.7. The van der Waals surface area contributed by atoms with Crippen molar-refractivity contribution in [2.75, 3.05) is 51.3 Å². The average molecular weight is 728 g/mol. The molecule has 0 bridgehead atoms. The molecule has 11 nitrogen and oxygen atoms in total. The maximum atomic E-state index is 12.6. The third kappa shape index (κ3) is 9.37. The molecule has 1 amide bonds. The number of ether oxygens (including phenoxy) is 2. The number of nitrogens with zero attached hydrogens (tertiary/aromatic N) is 6. The number of esters is 1. The summed E-state index contributed by atoms with van der Waals surface area (Å²) in [5, 5.41) is 1.04. The average Bonchev–Trinajstić information content (AvgIpc) is 3.79. The van der Waals surface area contributed by atoms with Crippen LogP contribution in [0.5, 0.6) is 11.6 Å². The standard InChI is InChI=1S/C32H37Cl2N7O4.2ClH/c1-44-29(42)14-21-2-6-39(7-3-21)20-22-12-27(23-15-24(33)17-25(34)16-23)38-28(13-22)45-26-18-36-31(37-19-26)41-10-8-40(9-11-41)30(43)32(35)4-5-32;;/h12-13,15-19,21H,2-11,14,20,35H2,1H3;2*1H. The Balaban J connectivity index is 0.00000250. The molecule has 0 spiro atoms. The molecule has 3 aromatic rings. The zero-order chi connectivity index (χ0) is 31.6. The maximum Gasteiger partial charge on any atom is 0.305 e. The fraction of sp³-hybridized carbons (Fsp3) is 0.469. The van der Waals surface area contributed by atoms with E-state index in [1.54, 1.807) is 18.5 Å². The number of hydrogen-bond acceptors (Lipinski definition) is 10. The number of carbonyl (C=O) groups excluding carboxylic acids is 2. The highest BCUT2D eigenvalue weighted by Gasteiger charge is 2.48. The molecule has 1 aromatic carbocycles. The fourth-order valence-corrected chi connectivity index (χ4v) is 6.42. The van der Waals surface area contributed by atoms with Crippen molar-refractivity contribution in [3.05, 3.63) is 58.3 Å². The van der Waals surface area contributed by atoms with Gasteiger partial charge in [0.1, 0.15) is 0 Å². The van der Waals surface area contributed by atoms with Crippen molar-refractivity contribution in [1.29, 1.82) is 0 Å². The monoisotopic (exact) mass is 725 g/mol. The van der Waals surface area contributed by atoms with Gasteiger partial charge in [-0.3, -0.25) is 14.5 Å². The number of anilines is 1. The highest BCUT2D eigenvalue weighted by atomic mass is 35.5. The maximum absolute atomic E-state index is 12.6. The van der Waals surface area contributed by atoms with Crippen LogP contribution < -0.4 is 15.4 Å². The molecule has 2 N–H and O–H groups in total. The highest BCUT2D eigenvalue weighted by molar-refractivity contribution is 6.35. The molecule has 1 saturated carbocycles. The minimum Gasteiger partial charge on any atom is -0.469 e. The predicted molar refractivity (Wildman–Crippen MR) is 186 cm³/mol. The lowest BCUT2D eigenvalue weighted by atomic mass is 9.93. The number of rotatable bonds is 9. The van der Waals surface area contributed by atoms with E-state index in [1.165, 1.54) is 7.11 Å². The lowest BCUT2D eigenvalue weighted by Crippen LogP contribution is -2.54. The Labute approximate surface area is 296 Å². The molecule has 2 saturated heterocycles. The SMILES string of the molecule is COC(=O)CC1CCN(Cc2cc(Oc3cnc(N4CCN(C(=O)C5(N)CC5)CC4)nc3)nc(-c3cc(Cl)cc(Cl)c3)c2)CC1.Cl.Cl. The summed E-state index contributed by atoms with van der Waals surface area (Å²) in [6.07, 6.45) is 7.12. The van der Waals surface area contributed by atoms with Crippen LogP contribution in [0.2, 0.25) is 10.0 Å². The molecule has 15 heteroatoms. The van der Waals surface area contributed by atoms with E-state index in [-0.39, 0.29) is 36.7 Å². The zero-order valence-corrected chi connectivity index (χ0v) is 29.2. The Hall–Kier alpha value is -2.93. The molecule has 3 fully saturated rings. The van der Waals surface area contributed by atoms with Crippen LogP contribution in [-0.4, -0.2) is 88.5 Å². The molecule has 6 rings (SSSR count). The number of pyridine rings is 1. The van der Waals surface area contributed by atoms with Crippen molar-refractivity contribution in [3.63, 3.8) is 0 Å². The number of piperidine rings is 1. The number of carbonyl (C=O) groups is 2. The Morgan fingerprint density at radius 2 is 1.57 bits per heavy atom. The Morgan fingerprint density at radius 1 is 0.936 bits per heavy atom. The van der Waals surface area contributed by atoms with Crippen molar-refractivity contribution in [1.82, 2.24) is 24.8 Å². The highest BCUT2D eigenvalue weighted by Crippen LogP contribution is 2.35. The molecular formula is C32H39Cl4N7O4. The van der Waals surface area contributed by atoms with Crippen LogP contribution in [0.1, 0.15) is 37.7 Å². The molecule has 3 aliphatic rings. The minimum absolute atomic E-state index is 0. The molecule has 4 heterocycles. The molecule has 1 aliphatic carbocycles. The van der Waals surface area contributed by atoms with Gasteiger partial charge >= 0.3 is 5.97 Å². The number of halogens is 4. The fourth-order valence-electron chi connectivity index (χ4n) is 5.90. The molecule has 254 valence electrons. The van der Waals surface area contributed by atoms with E-state index in [4.69, 9.17) is 43.4 Å². The number of nitrogens with two attached hydrogens (primary N) is 1. The van der Waals surface area contributed by atoms with Gasteiger partial charge in [-0.2, -0.15) is 0 Å². The van der Waals surface area contributed by atoms with Crippen LogP contribution in [0.25, 0.3) is 11.3 Å². The largest absolute Gasteiger partial charge is 0.469 e. The van der Waals surface area contributed by atoms with Gasteiger partial charge in [0.15, 0.2) is 5.75 Å². The number of aromatic nitrogens is 3. The molecule has 0 atom stereocenters. The van der Waals surface area contributed by atoms with Gasteiger partial charge in [0.25, 0.3) is 0 Å². The van der Waals surface area contributed by atoms with Crippen LogP contribution in [0.4, 0.5) is 5.95 Å². The van der Waals surface area contributed by atoms with E-state index in [0.29, 0.717) is 78.4 Å². The number of methoxy groups -OCH3 is 1. The molecule has 0 radical (unpaired) electrons. The smallest absolute Gasteiger partial charge is 0.305 e. The van der Waals surface area contributed by atoms with E-state index in [0.717, 1.165) is 49.9 Å². The van der Waals surface area contributed by atoms with Crippen molar-refractivity contribution in [2.45, 2.75) is 44.2 Å². The van der Waals surface area contributed by atoms with Crippen molar-refractivity contribution >= 4 is 65.8 Å². The predicted octanol–water partition coefficient (Wildman–Crippen LogP) is 5.40. The van der Waals surface area contributed by atoms with Crippen molar-refractivity contribution in [3.8, 4) is 22.9 Å². The molecule has 47 heavy (non-hydrogen) atoms. The number of hydrogen-bond donors (Lipinski definition) is 1. The number of benzene rings is 1. The Bertz CT molecular complexity index is 1520. The number of likely N-dealkylation sites (tertiary alicyclic amines) is 1. The van der Waals surface area contributed by atoms with Crippen LogP contribution in [0.3, 0.4) is 0 Å². The van der Waals surface area contributed by atoms with Crippen LogP contribution in [-0.2, 0) is 20.9 Å². The number of amides is 1. The summed E-state index contributed by atoms with van der Waals surface area (Å²) in [6.45, 7) is 4.91. The Kier molecular flexibility index (Phi) is 12.5. The van der Waals surface area contributed by atoms with Gasteiger partial charge in [0.05, 0.1) is 30.7 Å². The van der Waals surface area contributed by atoms with Crippen molar-refractivity contribution in [2.24, 2.45) is 11.7 Å². The molecule has 0 unspecified atom stereocenters. The second kappa shape index (κ2) is 16.0. The minimum atomic E-state index is -0.648. The topological polar surface area (TPSA) is 127 Å². The van der Waals surface area contributed by atoms with Gasteiger partial charge < -0.3 is 25.0 Å². The van der Waals surface area contributed by atoms with Gasteiger partial charge in [-0.1, -0.05) is 23.2 Å². The van der Waals surface area contributed by atoms with Crippen LogP contribution in [0.15, 0.2) is 42.7 Å².